The number of aliphatic imine (C=N–C) groups is 1. The molecule has 0 saturated carbocycles. The molecule has 0 aliphatic carbocycles. The van der Waals surface area contributed by atoms with Gasteiger partial charge in [0.05, 0.1) is 0 Å². The maximum absolute atomic E-state index is 10.9. The smallest absolute Gasteiger partial charge is 0.271 e. The second-order valence-electron chi connectivity index (χ2n) is 2.55. The van der Waals surface area contributed by atoms with Crippen molar-refractivity contribution in [3.63, 3.8) is 0 Å². The maximum atomic E-state index is 10.9. The van der Waals surface area contributed by atoms with Crippen molar-refractivity contribution in [2.45, 2.75) is 13.8 Å². The number of hydrogen-bond donors (Lipinski definition) is 1. The summed E-state index contributed by atoms with van der Waals surface area (Å²) in [4.78, 5) is 14.9. The highest BCUT2D eigenvalue weighted by Crippen LogP contribution is 2.06. The molecule has 1 heterocycles. The molecule has 0 radical (unpaired) electrons. The lowest BCUT2D eigenvalue weighted by atomic mass is 10.1. The van der Waals surface area contributed by atoms with E-state index in [0.29, 0.717) is 11.5 Å². The summed E-state index contributed by atoms with van der Waals surface area (Å²) in [5, 5.41) is 2.51. The molecule has 1 aliphatic rings. The molecule has 3 heteroatoms. The topological polar surface area (TPSA) is 41.5 Å². The Kier molecular flexibility index (Phi) is 1.57. The summed E-state index contributed by atoms with van der Waals surface area (Å²) in [5.74, 6) is 0.521. The average Bonchev–Trinajstić information content (AvgIpc) is 2.10. The molecule has 0 saturated heterocycles. The summed E-state index contributed by atoms with van der Waals surface area (Å²) in [7, 11) is 0. The lowest BCUT2D eigenvalue weighted by Gasteiger charge is -1.98. The van der Waals surface area contributed by atoms with Crippen LogP contribution in [0.25, 0.3) is 0 Å². The Morgan fingerprint density at radius 3 is 2.40 bits per heavy atom. The van der Waals surface area contributed by atoms with E-state index in [1.807, 2.05) is 13.8 Å². The summed E-state index contributed by atoms with van der Waals surface area (Å²) in [5.41, 5.74) is 0.574. The predicted octanol–water partition coefficient (Wildman–Crippen LogP) is 0.684. The van der Waals surface area contributed by atoms with Gasteiger partial charge in [-0.25, -0.2) is 4.99 Å². The van der Waals surface area contributed by atoms with Gasteiger partial charge in [0.2, 0.25) is 0 Å². The van der Waals surface area contributed by atoms with Crippen molar-refractivity contribution in [1.82, 2.24) is 5.32 Å². The monoisotopic (exact) mass is 138 g/mol. The third-order valence-electron chi connectivity index (χ3n) is 1.29. The maximum Gasteiger partial charge on any atom is 0.271 e. The van der Waals surface area contributed by atoms with Gasteiger partial charge in [0.15, 0.2) is 0 Å². The molecule has 1 aliphatic heterocycles. The number of hydrogen-bond acceptors (Lipinski definition) is 2. The molecule has 3 nitrogen and oxygen atoms in total. The quantitative estimate of drug-likeness (QED) is 0.569. The second kappa shape index (κ2) is 2.25. The van der Waals surface area contributed by atoms with Gasteiger partial charge in [0.25, 0.3) is 5.91 Å². The summed E-state index contributed by atoms with van der Waals surface area (Å²) in [6.07, 6.45) is 0. The fourth-order valence-corrected chi connectivity index (χ4v) is 0.810. The first-order valence-corrected chi connectivity index (χ1v) is 3.20. The second-order valence-corrected chi connectivity index (χ2v) is 2.55. The molecule has 0 unspecified atom stereocenters. The summed E-state index contributed by atoms with van der Waals surface area (Å²) in [6, 6.07) is 0. The van der Waals surface area contributed by atoms with Crippen molar-refractivity contribution in [2.24, 2.45) is 10.9 Å². The van der Waals surface area contributed by atoms with Crippen LogP contribution in [0, 0.1) is 5.92 Å². The minimum atomic E-state index is -0.111. The number of rotatable bonds is 1. The molecular weight excluding hydrogens is 128 g/mol. The molecule has 54 valence electrons. The summed E-state index contributed by atoms with van der Waals surface area (Å²) in [6.45, 7) is 7.37. The van der Waals surface area contributed by atoms with Crippen molar-refractivity contribution in [1.29, 1.82) is 0 Å². The van der Waals surface area contributed by atoms with Gasteiger partial charge in [-0.2, -0.15) is 0 Å². The van der Waals surface area contributed by atoms with E-state index in [1.165, 1.54) is 0 Å². The molecule has 0 atom stereocenters. The molecule has 0 aromatic heterocycles. The van der Waals surface area contributed by atoms with E-state index >= 15 is 0 Å². The zero-order valence-corrected chi connectivity index (χ0v) is 6.14. The van der Waals surface area contributed by atoms with Gasteiger partial charge < -0.3 is 5.32 Å². The highest BCUT2D eigenvalue weighted by atomic mass is 16.2. The largest absolute Gasteiger partial charge is 0.306 e. The van der Waals surface area contributed by atoms with Gasteiger partial charge in [-0.15, -0.1) is 0 Å². The van der Waals surface area contributed by atoms with Gasteiger partial charge in [-0.3, -0.25) is 4.79 Å². The van der Waals surface area contributed by atoms with Crippen LogP contribution in [0.4, 0.5) is 0 Å². The molecule has 10 heavy (non-hydrogen) atoms. The third-order valence-corrected chi connectivity index (χ3v) is 1.29. The number of carbonyl (C=O) groups excluding carboxylic acids is 1. The van der Waals surface area contributed by atoms with Crippen LogP contribution in [0.15, 0.2) is 17.4 Å². The zero-order chi connectivity index (χ0) is 7.72. The van der Waals surface area contributed by atoms with Crippen molar-refractivity contribution in [3.8, 4) is 0 Å². The van der Waals surface area contributed by atoms with E-state index in [-0.39, 0.29) is 11.8 Å². The Balaban J connectivity index is 2.85. The molecule has 0 spiro atoms. The van der Waals surface area contributed by atoms with Gasteiger partial charge in [-0.05, 0) is 0 Å². The number of nitrogens with one attached hydrogen (secondary N) is 1. The fraction of sp³-hybridized carbons (Fsp3) is 0.429. The summed E-state index contributed by atoms with van der Waals surface area (Å²) < 4.78 is 0. The molecule has 1 rings (SSSR count). The van der Waals surface area contributed by atoms with Crippen LogP contribution in [-0.2, 0) is 4.79 Å². The van der Waals surface area contributed by atoms with Crippen LogP contribution < -0.4 is 5.32 Å². The van der Waals surface area contributed by atoms with E-state index in [1.54, 1.807) is 0 Å². The minimum Gasteiger partial charge on any atom is -0.306 e. The van der Waals surface area contributed by atoms with Crippen LogP contribution in [0.5, 0.6) is 0 Å². The molecule has 1 N–H and O–H groups in total. The number of nitrogens with zero attached hydrogens (tertiary/aromatic N) is 1. The summed E-state index contributed by atoms with van der Waals surface area (Å²) >= 11 is 0. The lowest BCUT2D eigenvalue weighted by Crippen LogP contribution is -2.25. The molecule has 0 aromatic carbocycles. The zero-order valence-electron chi connectivity index (χ0n) is 6.14. The van der Waals surface area contributed by atoms with Crippen LogP contribution in [0.2, 0.25) is 0 Å². The SMILES string of the molecule is C=C1N=C(C(C)C)C(=O)N1. The standard InChI is InChI=1S/C7H10N2O/c1-4(2)6-7(10)9-5(3)8-6/h4H,3H2,1-2H3,(H,9,10). The molecule has 0 aromatic rings. The van der Waals surface area contributed by atoms with Crippen molar-refractivity contribution >= 4 is 11.6 Å². The number of carbonyl (C=O) groups is 1. The van der Waals surface area contributed by atoms with E-state index in [2.05, 4.69) is 16.9 Å². The van der Waals surface area contributed by atoms with E-state index < -0.39 is 0 Å². The number of amides is 1. The van der Waals surface area contributed by atoms with Crippen LogP contribution >= 0.6 is 0 Å². The first-order valence-electron chi connectivity index (χ1n) is 3.20. The molecular formula is C7H10N2O. The van der Waals surface area contributed by atoms with Crippen LogP contribution in [0.1, 0.15) is 13.8 Å². The fourth-order valence-electron chi connectivity index (χ4n) is 0.810. The Hall–Kier alpha value is -1.12. The average molecular weight is 138 g/mol. The third kappa shape index (κ3) is 1.07. The van der Waals surface area contributed by atoms with Gasteiger partial charge in [-0.1, -0.05) is 20.4 Å². The van der Waals surface area contributed by atoms with Gasteiger partial charge in [0, 0.05) is 5.92 Å². The van der Waals surface area contributed by atoms with Gasteiger partial charge >= 0.3 is 0 Å². The lowest BCUT2D eigenvalue weighted by molar-refractivity contribution is -0.113. The molecule has 0 bridgehead atoms. The molecule has 1 amide bonds. The first-order chi connectivity index (χ1) is 4.61. The van der Waals surface area contributed by atoms with E-state index in [0.717, 1.165) is 0 Å². The molecule has 0 fully saturated rings. The van der Waals surface area contributed by atoms with Gasteiger partial charge in [0.1, 0.15) is 11.5 Å². The highest BCUT2D eigenvalue weighted by molar-refractivity contribution is 6.41. The van der Waals surface area contributed by atoms with Crippen molar-refractivity contribution in [3.05, 3.63) is 12.4 Å². The Morgan fingerprint density at radius 2 is 2.20 bits per heavy atom. The Bertz CT molecular complexity index is 216. The predicted molar refractivity (Wildman–Crippen MR) is 39.6 cm³/mol. The van der Waals surface area contributed by atoms with E-state index in [9.17, 15) is 4.79 Å². The normalized spacial score (nSPS) is 17.7. The Morgan fingerprint density at radius 1 is 1.60 bits per heavy atom. The van der Waals surface area contributed by atoms with Crippen LogP contribution in [-0.4, -0.2) is 11.6 Å². The highest BCUT2D eigenvalue weighted by Gasteiger charge is 2.21. The van der Waals surface area contributed by atoms with Crippen molar-refractivity contribution in [2.75, 3.05) is 0 Å². The van der Waals surface area contributed by atoms with Crippen LogP contribution in [0.3, 0.4) is 0 Å². The van der Waals surface area contributed by atoms with Crippen molar-refractivity contribution < 1.29 is 4.79 Å². The minimum absolute atomic E-state index is 0.111. The Labute approximate surface area is 59.8 Å². The first kappa shape index (κ1) is 6.99. The van der Waals surface area contributed by atoms with E-state index in [4.69, 9.17) is 0 Å².